The molecule has 0 aromatic carbocycles. The Morgan fingerprint density at radius 1 is 1.58 bits per heavy atom. The first-order valence-electron chi connectivity index (χ1n) is 3.42. The first kappa shape index (κ1) is 8.61. The standard InChI is InChI=1S/C7H9NO4/c9-4-3-8-6-2-1-5(12-6)7(10)11/h1-2,8-9H,3-4H2,(H,10,11). The van der Waals surface area contributed by atoms with E-state index in [-0.39, 0.29) is 12.4 Å². The molecule has 5 heteroatoms. The summed E-state index contributed by atoms with van der Waals surface area (Å²) < 4.78 is 4.83. The number of nitrogens with one attached hydrogen (secondary N) is 1. The van der Waals surface area contributed by atoms with E-state index >= 15 is 0 Å². The highest BCUT2D eigenvalue weighted by Crippen LogP contribution is 2.12. The van der Waals surface area contributed by atoms with Gasteiger partial charge in [-0.25, -0.2) is 4.79 Å². The van der Waals surface area contributed by atoms with E-state index in [2.05, 4.69) is 5.32 Å². The van der Waals surface area contributed by atoms with E-state index in [1.807, 2.05) is 0 Å². The predicted molar refractivity (Wildman–Crippen MR) is 41.2 cm³/mol. The van der Waals surface area contributed by atoms with Crippen LogP contribution in [0.1, 0.15) is 10.6 Å². The van der Waals surface area contributed by atoms with Gasteiger partial charge in [-0.15, -0.1) is 0 Å². The van der Waals surface area contributed by atoms with Crippen LogP contribution in [-0.2, 0) is 0 Å². The summed E-state index contributed by atoms with van der Waals surface area (Å²) in [6.07, 6.45) is 0. The molecule has 1 aromatic heterocycles. The van der Waals surface area contributed by atoms with Gasteiger partial charge in [0.1, 0.15) is 0 Å². The van der Waals surface area contributed by atoms with Crippen LogP contribution < -0.4 is 5.32 Å². The lowest BCUT2D eigenvalue weighted by Crippen LogP contribution is -2.04. The maximum Gasteiger partial charge on any atom is 0.371 e. The zero-order valence-corrected chi connectivity index (χ0v) is 6.28. The van der Waals surface area contributed by atoms with Gasteiger partial charge in [-0.2, -0.15) is 0 Å². The normalized spacial score (nSPS) is 9.75. The largest absolute Gasteiger partial charge is 0.475 e. The smallest absolute Gasteiger partial charge is 0.371 e. The third-order valence-electron chi connectivity index (χ3n) is 1.23. The topological polar surface area (TPSA) is 82.7 Å². The summed E-state index contributed by atoms with van der Waals surface area (Å²) in [4.78, 5) is 10.3. The molecule has 0 atom stereocenters. The number of anilines is 1. The van der Waals surface area contributed by atoms with Gasteiger partial charge in [0.15, 0.2) is 5.88 Å². The molecular formula is C7H9NO4. The number of carboxylic acid groups (broad SMARTS) is 1. The molecule has 0 radical (unpaired) electrons. The highest BCUT2D eigenvalue weighted by Gasteiger charge is 2.07. The molecule has 1 aromatic rings. The highest BCUT2D eigenvalue weighted by atomic mass is 16.4. The molecule has 12 heavy (non-hydrogen) atoms. The quantitative estimate of drug-likeness (QED) is 0.610. The molecule has 0 aliphatic rings. The van der Waals surface area contributed by atoms with Crippen LogP contribution in [0.4, 0.5) is 5.88 Å². The van der Waals surface area contributed by atoms with Gasteiger partial charge in [0.2, 0.25) is 5.76 Å². The molecule has 0 saturated heterocycles. The lowest BCUT2D eigenvalue weighted by Gasteiger charge is -1.96. The molecule has 0 bridgehead atoms. The van der Waals surface area contributed by atoms with Gasteiger partial charge in [-0.1, -0.05) is 0 Å². The van der Waals surface area contributed by atoms with Crippen LogP contribution in [-0.4, -0.2) is 29.3 Å². The van der Waals surface area contributed by atoms with E-state index in [0.717, 1.165) is 0 Å². The van der Waals surface area contributed by atoms with Gasteiger partial charge >= 0.3 is 5.97 Å². The van der Waals surface area contributed by atoms with Gasteiger partial charge in [-0.3, -0.25) is 0 Å². The molecule has 5 nitrogen and oxygen atoms in total. The number of hydrogen-bond acceptors (Lipinski definition) is 4. The van der Waals surface area contributed by atoms with Crippen LogP contribution in [0.25, 0.3) is 0 Å². The fraction of sp³-hybridized carbons (Fsp3) is 0.286. The summed E-state index contributed by atoms with van der Waals surface area (Å²) in [5, 5.41) is 19.6. The number of furan rings is 1. The van der Waals surface area contributed by atoms with Crippen molar-refractivity contribution in [3.05, 3.63) is 17.9 Å². The number of aliphatic hydroxyl groups is 1. The van der Waals surface area contributed by atoms with Gasteiger partial charge in [-0.05, 0) is 6.07 Å². The Labute approximate surface area is 68.6 Å². The van der Waals surface area contributed by atoms with Crippen molar-refractivity contribution in [1.82, 2.24) is 0 Å². The average molecular weight is 171 g/mol. The monoisotopic (exact) mass is 171 g/mol. The van der Waals surface area contributed by atoms with Gasteiger partial charge in [0.05, 0.1) is 6.61 Å². The van der Waals surface area contributed by atoms with E-state index in [1.165, 1.54) is 12.1 Å². The van der Waals surface area contributed by atoms with Crippen molar-refractivity contribution in [2.45, 2.75) is 0 Å². The molecule has 3 N–H and O–H groups in total. The molecule has 0 spiro atoms. The van der Waals surface area contributed by atoms with Crippen molar-refractivity contribution in [2.75, 3.05) is 18.5 Å². The van der Waals surface area contributed by atoms with Crippen LogP contribution >= 0.6 is 0 Å². The molecule has 1 rings (SSSR count). The van der Waals surface area contributed by atoms with Crippen molar-refractivity contribution in [2.24, 2.45) is 0 Å². The lowest BCUT2D eigenvalue weighted by atomic mass is 10.4. The van der Waals surface area contributed by atoms with Crippen molar-refractivity contribution in [3.63, 3.8) is 0 Å². The molecule has 0 amide bonds. The fourth-order valence-corrected chi connectivity index (χ4v) is 0.727. The molecule has 66 valence electrons. The first-order chi connectivity index (χ1) is 5.74. The number of aliphatic hydroxyl groups excluding tert-OH is 1. The molecule has 0 fully saturated rings. The van der Waals surface area contributed by atoms with Crippen LogP contribution in [0.5, 0.6) is 0 Å². The zero-order chi connectivity index (χ0) is 8.97. The van der Waals surface area contributed by atoms with E-state index in [4.69, 9.17) is 14.6 Å². The Morgan fingerprint density at radius 2 is 2.33 bits per heavy atom. The van der Waals surface area contributed by atoms with Gasteiger partial charge < -0.3 is 19.9 Å². The number of hydrogen-bond donors (Lipinski definition) is 3. The number of carbonyl (C=O) groups is 1. The minimum absolute atomic E-state index is 0.0247. The molecule has 0 unspecified atom stereocenters. The Hall–Kier alpha value is -1.49. The molecular weight excluding hydrogens is 162 g/mol. The summed E-state index contributed by atoms with van der Waals surface area (Å²) in [6, 6.07) is 2.85. The van der Waals surface area contributed by atoms with Crippen LogP contribution in [0.15, 0.2) is 16.5 Å². The summed E-state index contributed by atoms with van der Waals surface area (Å²) in [7, 11) is 0. The minimum atomic E-state index is -1.10. The third kappa shape index (κ3) is 2.00. The second kappa shape index (κ2) is 3.77. The van der Waals surface area contributed by atoms with Crippen molar-refractivity contribution in [1.29, 1.82) is 0 Å². The number of aromatic carboxylic acids is 1. The zero-order valence-electron chi connectivity index (χ0n) is 6.28. The summed E-state index contributed by atoms with van der Waals surface area (Å²) in [6.45, 7) is 0.315. The summed E-state index contributed by atoms with van der Waals surface area (Å²) >= 11 is 0. The Morgan fingerprint density at radius 3 is 2.83 bits per heavy atom. The van der Waals surface area contributed by atoms with Crippen LogP contribution in [0.3, 0.4) is 0 Å². The minimum Gasteiger partial charge on any atom is -0.475 e. The Bertz CT molecular complexity index is 268. The fourth-order valence-electron chi connectivity index (χ4n) is 0.727. The lowest BCUT2D eigenvalue weighted by molar-refractivity contribution is 0.0663. The van der Waals surface area contributed by atoms with E-state index < -0.39 is 5.97 Å². The SMILES string of the molecule is O=C(O)c1ccc(NCCO)o1. The maximum atomic E-state index is 10.3. The van der Waals surface area contributed by atoms with E-state index in [9.17, 15) is 4.79 Å². The highest BCUT2D eigenvalue weighted by molar-refractivity contribution is 5.84. The van der Waals surface area contributed by atoms with Crippen molar-refractivity contribution in [3.8, 4) is 0 Å². The summed E-state index contributed by atoms with van der Waals surface area (Å²) in [5.74, 6) is -0.871. The second-order valence-corrected chi connectivity index (χ2v) is 2.12. The summed E-state index contributed by atoms with van der Waals surface area (Å²) in [5.41, 5.74) is 0. The van der Waals surface area contributed by atoms with Crippen LogP contribution in [0, 0.1) is 0 Å². The average Bonchev–Trinajstić information content (AvgIpc) is 2.48. The first-order valence-corrected chi connectivity index (χ1v) is 3.42. The van der Waals surface area contributed by atoms with Crippen molar-refractivity contribution < 1.29 is 19.4 Å². The van der Waals surface area contributed by atoms with E-state index in [0.29, 0.717) is 12.4 Å². The van der Waals surface area contributed by atoms with Crippen molar-refractivity contribution >= 4 is 11.9 Å². The number of rotatable bonds is 4. The van der Waals surface area contributed by atoms with E-state index in [1.54, 1.807) is 0 Å². The van der Waals surface area contributed by atoms with Crippen LogP contribution in [0.2, 0.25) is 0 Å². The molecule has 0 aliphatic carbocycles. The third-order valence-corrected chi connectivity index (χ3v) is 1.23. The molecule has 0 saturated carbocycles. The second-order valence-electron chi connectivity index (χ2n) is 2.12. The Kier molecular flexibility index (Phi) is 2.71. The maximum absolute atomic E-state index is 10.3. The van der Waals surface area contributed by atoms with Gasteiger partial charge in [0.25, 0.3) is 0 Å². The van der Waals surface area contributed by atoms with Gasteiger partial charge in [0, 0.05) is 12.6 Å². The predicted octanol–water partition coefficient (Wildman–Crippen LogP) is 0.382. The Balaban J connectivity index is 2.58. The number of carboxylic acids is 1. The molecule has 0 aliphatic heterocycles. The molecule has 1 heterocycles.